The van der Waals surface area contributed by atoms with Crippen LogP contribution in [0.1, 0.15) is 50.7 Å². The zero-order valence-electron chi connectivity index (χ0n) is 17.4. The van der Waals surface area contributed by atoms with E-state index in [-0.39, 0.29) is 24.9 Å². The minimum atomic E-state index is -3.57. The van der Waals surface area contributed by atoms with E-state index in [0.29, 0.717) is 17.7 Å². The molecule has 1 aliphatic heterocycles. The van der Waals surface area contributed by atoms with Crippen molar-refractivity contribution in [1.29, 1.82) is 0 Å². The Balaban J connectivity index is 1.64. The van der Waals surface area contributed by atoms with Crippen LogP contribution in [0.25, 0.3) is 0 Å². The second-order valence-electron chi connectivity index (χ2n) is 8.42. The predicted molar refractivity (Wildman–Crippen MR) is 109 cm³/mol. The number of methoxy groups -OCH3 is 1. The summed E-state index contributed by atoms with van der Waals surface area (Å²) in [5, 5.41) is 2.71. The lowest BCUT2D eigenvalue weighted by Crippen LogP contribution is -2.53. The summed E-state index contributed by atoms with van der Waals surface area (Å²) in [4.78, 5) is 24.6. The van der Waals surface area contributed by atoms with Gasteiger partial charge < -0.3 is 10.1 Å². The van der Waals surface area contributed by atoms with Gasteiger partial charge >= 0.3 is 5.97 Å². The first-order valence-corrected chi connectivity index (χ1v) is 11.6. The van der Waals surface area contributed by atoms with Gasteiger partial charge in [0.2, 0.25) is 15.9 Å². The molecule has 0 unspecified atom stereocenters. The molecule has 0 spiro atoms. The first-order chi connectivity index (χ1) is 13.6. The maximum Gasteiger partial charge on any atom is 0.330 e. The topological polar surface area (TPSA) is 92.8 Å². The molecule has 29 heavy (non-hydrogen) atoms. The van der Waals surface area contributed by atoms with Gasteiger partial charge in [-0.1, -0.05) is 6.07 Å². The second kappa shape index (κ2) is 8.44. The van der Waals surface area contributed by atoms with Gasteiger partial charge in [0.25, 0.3) is 0 Å². The van der Waals surface area contributed by atoms with E-state index in [4.69, 9.17) is 4.74 Å². The smallest absolute Gasteiger partial charge is 0.330 e. The number of hydrogen-bond acceptors (Lipinski definition) is 5. The fourth-order valence-corrected chi connectivity index (χ4v) is 5.61. The number of benzene rings is 1. The minimum absolute atomic E-state index is 0.244. The van der Waals surface area contributed by atoms with Gasteiger partial charge in [-0.05, 0) is 75.6 Å². The van der Waals surface area contributed by atoms with Crippen LogP contribution < -0.4 is 5.32 Å². The molecular weight excluding hydrogens is 392 g/mol. The summed E-state index contributed by atoms with van der Waals surface area (Å²) in [6.45, 7) is 3.76. The first-order valence-electron chi connectivity index (χ1n) is 10.2. The zero-order chi connectivity index (χ0) is 21.2. The van der Waals surface area contributed by atoms with Crippen LogP contribution >= 0.6 is 0 Å². The summed E-state index contributed by atoms with van der Waals surface area (Å²) in [6.07, 6.45) is 5.04. The Morgan fingerprint density at radius 2 is 1.72 bits per heavy atom. The molecule has 1 aliphatic carbocycles. The molecule has 7 nitrogen and oxygen atoms in total. The number of amides is 1. The lowest BCUT2D eigenvalue weighted by molar-refractivity contribution is -0.150. The van der Waals surface area contributed by atoms with Crippen molar-refractivity contribution in [2.45, 2.75) is 62.8 Å². The average Bonchev–Trinajstić information content (AvgIpc) is 2.72. The molecule has 160 valence electrons. The Kier molecular flexibility index (Phi) is 6.33. The van der Waals surface area contributed by atoms with Crippen molar-refractivity contribution < 1.29 is 22.7 Å². The van der Waals surface area contributed by atoms with Gasteiger partial charge in [-0.25, -0.2) is 13.2 Å². The molecule has 3 rings (SSSR count). The lowest BCUT2D eigenvalue weighted by atomic mass is 9.92. The summed E-state index contributed by atoms with van der Waals surface area (Å²) >= 11 is 0. The van der Waals surface area contributed by atoms with Gasteiger partial charge in [0.05, 0.1) is 12.0 Å². The normalized spacial score (nSPS) is 18.7. The molecule has 1 amide bonds. The maximum absolute atomic E-state index is 13.1. The number of fused-ring (bicyclic) bond motifs is 1. The highest BCUT2D eigenvalue weighted by molar-refractivity contribution is 7.89. The van der Waals surface area contributed by atoms with E-state index in [1.54, 1.807) is 19.9 Å². The molecule has 1 saturated heterocycles. The number of carbonyl (C=O) groups excluding carboxylic acids is 2. The second-order valence-corrected chi connectivity index (χ2v) is 10.4. The number of hydrogen-bond donors (Lipinski definition) is 1. The molecule has 2 aliphatic rings. The van der Waals surface area contributed by atoms with Gasteiger partial charge in [-0.3, -0.25) is 4.79 Å². The summed E-state index contributed by atoms with van der Waals surface area (Å²) in [5.74, 6) is -1.08. The third-order valence-electron chi connectivity index (χ3n) is 5.91. The summed E-state index contributed by atoms with van der Waals surface area (Å²) in [7, 11) is -2.29. The van der Waals surface area contributed by atoms with Crippen molar-refractivity contribution in [3.05, 3.63) is 29.3 Å². The number of aryl methyl sites for hydroxylation is 2. The van der Waals surface area contributed by atoms with E-state index in [9.17, 15) is 18.0 Å². The van der Waals surface area contributed by atoms with Crippen LogP contribution in [0.15, 0.2) is 23.1 Å². The number of rotatable bonds is 5. The molecular formula is C21H30N2O5S. The highest BCUT2D eigenvalue weighted by Gasteiger charge is 2.36. The molecule has 0 radical (unpaired) electrons. The van der Waals surface area contributed by atoms with Gasteiger partial charge in [0, 0.05) is 19.0 Å². The van der Waals surface area contributed by atoms with Crippen LogP contribution in [-0.2, 0) is 37.2 Å². The molecule has 1 fully saturated rings. The Bertz CT molecular complexity index is 886. The fourth-order valence-electron chi connectivity index (χ4n) is 4.09. The maximum atomic E-state index is 13.1. The van der Waals surface area contributed by atoms with Crippen LogP contribution in [0.2, 0.25) is 0 Å². The van der Waals surface area contributed by atoms with Gasteiger partial charge in [-0.15, -0.1) is 0 Å². The minimum Gasteiger partial charge on any atom is -0.467 e. The molecule has 0 atom stereocenters. The van der Waals surface area contributed by atoms with Crippen molar-refractivity contribution in [2.24, 2.45) is 5.92 Å². The van der Waals surface area contributed by atoms with Crippen molar-refractivity contribution in [1.82, 2.24) is 9.62 Å². The molecule has 1 aromatic carbocycles. The number of nitrogens with zero attached hydrogens (tertiary/aromatic N) is 1. The molecule has 1 aromatic rings. The Labute approximate surface area is 172 Å². The van der Waals surface area contributed by atoms with Gasteiger partial charge in [0.15, 0.2) is 0 Å². The Morgan fingerprint density at radius 3 is 2.34 bits per heavy atom. The van der Waals surface area contributed by atoms with Crippen LogP contribution in [0.4, 0.5) is 0 Å². The molecule has 0 saturated carbocycles. The molecule has 1 heterocycles. The first kappa shape index (κ1) is 21.8. The van der Waals surface area contributed by atoms with Crippen molar-refractivity contribution in [2.75, 3.05) is 20.2 Å². The highest BCUT2D eigenvalue weighted by Crippen LogP contribution is 2.28. The van der Waals surface area contributed by atoms with Crippen molar-refractivity contribution in [3.63, 3.8) is 0 Å². The number of carbonyl (C=O) groups is 2. The summed E-state index contributed by atoms with van der Waals surface area (Å²) in [5.41, 5.74) is 1.27. The van der Waals surface area contributed by atoms with Crippen LogP contribution in [0.3, 0.4) is 0 Å². The monoisotopic (exact) mass is 422 g/mol. The molecule has 0 bridgehead atoms. The lowest BCUT2D eigenvalue weighted by Gasteiger charge is -2.32. The third-order valence-corrected chi connectivity index (χ3v) is 7.81. The predicted octanol–water partition coefficient (Wildman–Crippen LogP) is 2.03. The quantitative estimate of drug-likeness (QED) is 0.733. The Morgan fingerprint density at radius 1 is 1.10 bits per heavy atom. The highest BCUT2D eigenvalue weighted by atomic mass is 32.2. The van der Waals surface area contributed by atoms with E-state index in [2.05, 4.69) is 5.32 Å². The fraction of sp³-hybridized carbons (Fsp3) is 0.619. The van der Waals surface area contributed by atoms with Crippen LogP contribution in [-0.4, -0.2) is 50.3 Å². The third kappa shape index (κ3) is 4.64. The van der Waals surface area contributed by atoms with E-state index in [0.717, 1.165) is 31.2 Å². The number of ether oxygens (including phenoxy) is 1. The summed E-state index contributed by atoms with van der Waals surface area (Å²) < 4.78 is 32.3. The average molecular weight is 423 g/mol. The van der Waals surface area contributed by atoms with E-state index < -0.39 is 21.5 Å². The summed E-state index contributed by atoms with van der Waals surface area (Å²) in [6, 6.07) is 5.47. The number of esters is 1. The SMILES string of the molecule is COC(=O)C(C)(C)NC(=O)C1CCN(S(=O)(=O)c2ccc3c(c2)CCCC3)CC1. The number of piperidine rings is 1. The standard InChI is InChI=1S/C21H30N2O5S/c1-21(2,20(25)28-3)22-19(24)16-10-12-23(13-11-16)29(26,27)18-9-8-15-6-4-5-7-17(15)14-18/h8-9,14,16H,4-7,10-13H2,1-3H3,(H,22,24). The van der Waals surface area contributed by atoms with E-state index in [1.165, 1.54) is 17.0 Å². The van der Waals surface area contributed by atoms with Crippen LogP contribution in [0.5, 0.6) is 0 Å². The number of sulfonamides is 1. The zero-order valence-corrected chi connectivity index (χ0v) is 18.2. The number of nitrogens with one attached hydrogen (secondary N) is 1. The van der Waals surface area contributed by atoms with Gasteiger partial charge in [-0.2, -0.15) is 4.31 Å². The van der Waals surface area contributed by atoms with Crippen molar-refractivity contribution in [3.8, 4) is 0 Å². The van der Waals surface area contributed by atoms with Crippen LogP contribution in [0, 0.1) is 5.92 Å². The Hall–Kier alpha value is -1.93. The molecule has 8 heteroatoms. The molecule has 1 N–H and O–H groups in total. The van der Waals surface area contributed by atoms with Crippen molar-refractivity contribution >= 4 is 21.9 Å². The molecule has 0 aromatic heterocycles. The largest absolute Gasteiger partial charge is 0.467 e. The van der Waals surface area contributed by atoms with E-state index in [1.807, 2.05) is 12.1 Å². The van der Waals surface area contributed by atoms with Gasteiger partial charge in [0.1, 0.15) is 5.54 Å². The van der Waals surface area contributed by atoms with E-state index >= 15 is 0 Å².